The number of hydrogen-bond acceptors (Lipinski definition) is 3. The molecule has 1 amide bonds. The fourth-order valence-electron chi connectivity index (χ4n) is 1.53. The van der Waals surface area contributed by atoms with Gasteiger partial charge in [0.2, 0.25) is 5.91 Å². The topological polar surface area (TPSA) is 69.8 Å². The molecule has 0 radical (unpaired) electrons. The lowest BCUT2D eigenvalue weighted by Gasteiger charge is -2.08. The lowest BCUT2D eigenvalue weighted by molar-refractivity contribution is -0.116. The molecule has 5 nitrogen and oxygen atoms in total. The summed E-state index contributed by atoms with van der Waals surface area (Å²) in [5.74, 6) is 0.767. The molecule has 5 heteroatoms. The molecule has 1 heterocycles. The molecule has 0 bridgehead atoms. The molecule has 1 rings (SSSR count). The van der Waals surface area contributed by atoms with Crippen LogP contribution in [0.15, 0.2) is 6.20 Å². The third-order valence-electron chi connectivity index (χ3n) is 2.50. The number of H-pyrrole nitrogens is 1. The summed E-state index contributed by atoms with van der Waals surface area (Å²) in [6.07, 6.45) is 3.98. The van der Waals surface area contributed by atoms with Crippen molar-refractivity contribution in [2.45, 2.75) is 46.1 Å². The van der Waals surface area contributed by atoms with E-state index in [4.69, 9.17) is 0 Å². The monoisotopic (exact) mass is 238 g/mol. The molecule has 96 valence electrons. The molecule has 0 saturated heterocycles. The van der Waals surface area contributed by atoms with Crippen molar-refractivity contribution in [1.29, 1.82) is 0 Å². The fraction of sp³-hybridized carbons (Fsp3) is 0.667. The minimum absolute atomic E-state index is 0.0366. The molecule has 0 spiro atoms. The lowest BCUT2D eigenvalue weighted by atomic mass is 10.2. The highest BCUT2D eigenvalue weighted by Gasteiger charge is 2.07. The van der Waals surface area contributed by atoms with Crippen molar-refractivity contribution in [2.75, 3.05) is 11.9 Å². The zero-order chi connectivity index (χ0) is 12.7. The van der Waals surface area contributed by atoms with Crippen LogP contribution in [0, 0.1) is 0 Å². The van der Waals surface area contributed by atoms with Crippen LogP contribution >= 0.6 is 0 Å². The minimum atomic E-state index is 0.0366. The number of amides is 1. The summed E-state index contributed by atoms with van der Waals surface area (Å²) in [6, 6.07) is 0.470. The summed E-state index contributed by atoms with van der Waals surface area (Å²) in [7, 11) is 0. The van der Waals surface area contributed by atoms with E-state index < -0.39 is 0 Å². The van der Waals surface area contributed by atoms with Gasteiger partial charge < -0.3 is 10.6 Å². The van der Waals surface area contributed by atoms with Gasteiger partial charge in [-0.25, -0.2) is 0 Å². The summed E-state index contributed by atoms with van der Waals surface area (Å²) in [6.45, 7) is 7.10. The lowest BCUT2D eigenvalue weighted by Crippen LogP contribution is -2.24. The van der Waals surface area contributed by atoms with Gasteiger partial charge in [-0.3, -0.25) is 9.89 Å². The maximum atomic E-state index is 11.6. The van der Waals surface area contributed by atoms with Gasteiger partial charge in [-0.2, -0.15) is 5.10 Å². The van der Waals surface area contributed by atoms with Gasteiger partial charge in [-0.1, -0.05) is 20.8 Å². The zero-order valence-corrected chi connectivity index (χ0v) is 10.8. The molecule has 0 aliphatic heterocycles. The Morgan fingerprint density at radius 2 is 2.29 bits per heavy atom. The highest BCUT2D eigenvalue weighted by molar-refractivity contribution is 5.90. The number of hydrogen-bond donors (Lipinski definition) is 3. The predicted octanol–water partition coefficient (Wildman–Crippen LogP) is 1.69. The van der Waals surface area contributed by atoms with E-state index in [1.165, 1.54) is 0 Å². The van der Waals surface area contributed by atoms with E-state index in [0.29, 0.717) is 12.5 Å². The number of aryl methyl sites for hydroxylation is 1. The largest absolute Gasteiger partial charge is 0.315 e. The first-order chi connectivity index (χ1) is 8.13. The van der Waals surface area contributed by atoms with Crippen molar-refractivity contribution in [3.8, 4) is 0 Å². The maximum absolute atomic E-state index is 11.6. The van der Waals surface area contributed by atoms with Crippen LogP contribution in [0.1, 0.15) is 39.2 Å². The smallest absolute Gasteiger partial charge is 0.225 e. The number of anilines is 1. The highest BCUT2D eigenvalue weighted by Crippen LogP contribution is 2.11. The number of aromatic amines is 1. The van der Waals surface area contributed by atoms with Crippen molar-refractivity contribution in [1.82, 2.24) is 15.5 Å². The summed E-state index contributed by atoms with van der Waals surface area (Å²) in [4.78, 5) is 11.6. The average molecular weight is 238 g/mol. The van der Waals surface area contributed by atoms with Gasteiger partial charge in [-0.15, -0.1) is 0 Å². The molecule has 0 aliphatic rings. The second-order valence-electron chi connectivity index (χ2n) is 4.38. The Hall–Kier alpha value is -1.36. The van der Waals surface area contributed by atoms with Crippen molar-refractivity contribution >= 4 is 11.7 Å². The predicted molar refractivity (Wildman–Crippen MR) is 69.0 cm³/mol. The van der Waals surface area contributed by atoms with Crippen molar-refractivity contribution < 1.29 is 4.79 Å². The van der Waals surface area contributed by atoms with Crippen molar-refractivity contribution in [3.63, 3.8) is 0 Å². The average Bonchev–Trinajstić information content (AvgIpc) is 2.71. The summed E-state index contributed by atoms with van der Waals surface area (Å²) >= 11 is 0. The second-order valence-corrected chi connectivity index (χ2v) is 4.38. The van der Waals surface area contributed by atoms with Gasteiger partial charge >= 0.3 is 0 Å². The summed E-state index contributed by atoms with van der Waals surface area (Å²) < 4.78 is 0. The molecule has 1 aromatic heterocycles. The quantitative estimate of drug-likeness (QED) is 0.633. The number of carbonyl (C=O) groups is 1. The second kappa shape index (κ2) is 7.06. The van der Waals surface area contributed by atoms with Gasteiger partial charge in [0.15, 0.2) is 0 Å². The first kappa shape index (κ1) is 13.7. The standard InChI is InChI=1S/C12H22N4O/c1-4-10-8-14-16-12(10)15-11(17)6-5-7-13-9(2)3/h8-9,13H,4-7H2,1-3H3,(H2,14,15,16,17). The number of nitrogens with one attached hydrogen (secondary N) is 3. The van der Waals surface area contributed by atoms with E-state index in [1.807, 2.05) is 6.92 Å². The normalized spacial score (nSPS) is 10.8. The Kier molecular flexibility index (Phi) is 5.69. The van der Waals surface area contributed by atoms with E-state index in [0.717, 1.165) is 30.8 Å². The van der Waals surface area contributed by atoms with E-state index in [2.05, 4.69) is 34.7 Å². The molecule has 0 atom stereocenters. The molecule has 0 saturated carbocycles. The Morgan fingerprint density at radius 1 is 1.53 bits per heavy atom. The number of nitrogens with zero attached hydrogens (tertiary/aromatic N) is 1. The summed E-state index contributed by atoms with van der Waals surface area (Å²) in [5, 5.41) is 12.8. The molecule has 0 fully saturated rings. The van der Waals surface area contributed by atoms with E-state index >= 15 is 0 Å². The van der Waals surface area contributed by atoms with Crippen LogP contribution in [-0.2, 0) is 11.2 Å². The van der Waals surface area contributed by atoms with Crippen LogP contribution in [0.4, 0.5) is 5.82 Å². The van der Waals surface area contributed by atoms with E-state index in [1.54, 1.807) is 6.20 Å². The van der Waals surface area contributed by atoms with Gasteiger partial charge in [-0.05, 0) is 19.4 Å². The first-order valence-electron chi connectivity index (χ1n) is 6.19. The summed E-state index contributed by atoms with van der Waals surface area (Å²) in [5.41, 5.74) is 1.04. The van der Waals surface area contributed by atoms with Crippen LogP contribution in [-0.4, -0.2) is 28.7 Å². The van der Waals surface area contributed by atoms with Crippen molar-refractivity contribution in [3.05, 3.63) is 11.8 Å². The zero-order valence-electron chi connectivity index (χ0n) is 10.8. The number of rotatable bonds is 7. The van der Waals surface area contributed by atoms with Crippen LogP contribution in [0.3, 0.4) is 0 Å². The Balaban J connectivity index is 2.25. The molecule has 0 aromatic carbocycles. The molecule has 0 aliphatic carbocycles. The molecule has 1 aromatic rings. The van der Waals surface area contributed by atoms with Crippen LogP contribution in [0.25, 0.3) is 0 Å². The third kappa shape index (κ3) is 4.99. The van der Waals surface area contributed by atoms with Crippen LogP contribution < -0.4 is 10.6 Å². The highest BCUT2D eigenvalue weighted by atomic mass is 16.1. The number of carbonyl (C=O) groups excluding carboxylic acids is 1. The van der Waals surface area contributed by atoms with Gasteiger partial charge in [0.1, 0.15) is 5.82 Å². The molecular weight excluding hydrogens is 216 g/mol. The molecule has 0 unspecified atom stereocenters. The minimum Gasteiger partial charge on any atom is -0.315 e. The first-order valence-corrected chi connectivity index (χ1v) is 6.19. The Labute approximate surface area is 102 Å². The fourth-order valence-corrected chi connectivity index (χ4v) is 1.53. The number of aromatic nitrogens is 2. The third-order valence-corrected chi connectivity index (χ3v) is 2.50. The molecule has 3 N–H and O–H groups in total. The Morgan fingerprint density at radius 3 is 2.94 bits per heavy atom. The maximum Gasteiger partial charge on any atom is 0.225 e. The SMILES string of the molecule is CCc1cn[nH]c1NC(=O)CCCNC(C)C. The van der Waals surface area contributed by atoms with Gasteiger partial charge in [0.25, 0.3) is 0 Å². The Bertz CT molecular complexity index is 346. The van der Waals surface area contributed by atoms with E-state index in [9.17, 15) is 4.79 Å². The van der Waals surface area contributed by atoms with Gasteiger partial charge in [0, 0.05) is 18.0 Å². The van der Waals surface area contributed by atoms with Gasteiger partial charge in [0.05, 0.1) is 6.20 Å². The molecular formula is C12H22N4O. The van der Waals surface area contributed by atoms with Crippen LogP contribution in [0.5, 0.6) is 0 Å². The van der Waals surface area contributed by atoms with Crippen molar-refractivity contribution in [2.24, 2.45) is 0 Å². The molecule has 17 heavy (non-hydrogen) atoms. The van der Waals surface area contributed by atoms with E-state index in [-0.39, 0.29) is 5.91 Å². The van der Waals surface area contributed by atoms with Crippen LogP contribution in [0.2, 0.25) is 0 Å².